The molecule has 5 heteroatoms. The standard InChI is InChI=1S/C14H12ClNO2S/c1-18-11-5-3-9(4-6-11)14(17)10-7-12(15)16-13(8-10)19-2/h3-8H,1-2H3. The van der Waals surface area contributed by atoms with Gasteiger partial charge in [0.1, 0.15) is 10.9 Å². The van der Waals surface area contributed by atoms with Crippen LogP contribution in [0.15, 0.2) is 41.4 Å². The van der Waals surface area contributed by atoms with Crippen LogP contribution in [0.3, 0.4) is 0 Å². The molecule has 0 fully saturated rings. The fourth-order valence-corrected chi connectivity index (χ4v) is 2.31. The molecule has 0 unspecified atom stereocenters. The second kappa shape index (κ2) is 6.08. The molecule has 3 nitrogen and oxygen atoms in total. The summed E-state index contributed by atoms with van der Waals surface area (Å²) in [6.07, 6.45) is 1.89. The molecule has 0 saturated heterocycles. The van der Waals surface area contributed by atoms with Crippen LogP contribution in [0.5, 0.6) is 5.75 Å². The Morgan fingerprint density at radius 3 is 2.47 bits per heavy atom. The van der Waals surface area contributed by atoms with E-state index in [0.29, 0.717) is 22.0 Å². The first-order valence-electron chi connectivity index (χ1n) is 5.54. The van der Waals surface area contributed by atoms with Gasteiger partial charge in [0, 0.05) is 11.1 Å². The van der Waals surface area contributed by atoms with Gasteiger partial charge in [0.15, 0.2) is 5.78 Å². The Kier molecular flexibility index (Phi) is 4.45. The quantitative estimate of drug-likeness (QED) is 0.489. The number of hydrogen-bond donors (Lipinski definition) is 0. The van der Waals surface area contributed by atoms with Crippen LogP contribution < -0.4 is 4.74 Å². The Hall–Kier alpha value is -1.52. The Morgan fingerprint density at radius 1 is 1.21 bits per heavy atom. The van der Waals surface area contributed by atoms with Crippen LogP contribution in [-0.2, 0) is 0 Å². The van der Waals surface area contributed by atoms with Crippen molar-refractivity contribution < 1.29 is 9.53 Å². The second-order valence-corrected chi connectivity index (χ2v) is 4.99. The highest BCUT2D eigenvalue weighted by molar-refractivity contribution is 7.98. The topological polar surface area (TPSA) is 39.2 Å². The van der Waals surface area contributed by atoms with Gasteiger partial charge in [0.25, 0.3) is 0 Å². The van der Waals surface area contributed by atoms with Crippen molar-refractivity contribution in [2.45, 2.75) is 5.03 Å². The largest absolute Gasteiger partial charge is 0.497 e. The van der Waals surface area contributed by atoms with Gasteiger partial charge in [-0.3, -0.25) is 4.79 Å². The monoisotopic (exact) mass is 293 g/mol. The molecule has 1 aromatic carbocycles. The molecule has 0 radical (unpaired) electrons. The number of aromatic nitrogens is 1. The van der Waals surface area contributed by atoms with Gasteiger partial charge in [-0.1, -0.05) is 11.6 Å². The summed E-state index contributed by atoms with van der Waals surface area (Å²) < 4.78 is 5.06. The summed E-state index contributed by atoms with van der Waals surface area (Å²) in [5.74, 6) is 0.636. The molecule has 2 rings (SSSR count). The number of thioether (sulfide) groups is 1. The van der Waals surface area contributed by atoms with Crippen LogP contribution in [0.4, 0.5) is 0 Å². The van der Waals surface area contributed by atoms with Crippen LogP contribution in [0.1, 0.15) is 15.9 Å². The third-order valence-corrected chi connectivity index (χ3v) is 3.42. The maximum atomic E-state index is 12.3. The first-order valence-corrected chi connectivity index (χ1v) is 7.14. The van der Waals surface area contributed by atoms with Gasteiger partial charge < -0.3 is 4.74 Å². The van der Waals surface area contributed by atoms with E-state index >= 15 is 0 Å². The summed E-state index contributed by atoms with van der Waals surface area (Å²) >= 11 is 7.36. The highest BCUT2D eigenvalue weighted by Gasteiger charge is 2.11. The number of hydrogen-bond acceptors (Lipinski definition) is 4. The highest BCUT2D eigenvalue weighted by Crippen LogP contribution is 2.21. The van der Waals surface area contributed by atoms with Gasteiger partial charge in [-0.2, -0.15) is 0 Å². The minimum Gasteiger partial charge on any atom is -0.497 e. The normalized spacial score (nSPS) is 10.3. The third-order valence-electron chi connectivity index (χ3n) is 2.59. The number of pyridine rings is 1. The minimum atomic E-state index is -0.0812. The van der Waals surface area contributed by atoms with E-state index in [2.05, 4.69) is 4.98 Å². The molecule has 0 atom stereocenters. The smallest absolute Gasteiger partial charge is 0.193 e. The van der Waals surface area contributed by atoms with Crippen LogP contribution in [0.25, 0.3) is 0 Å². The molecular formula is C14H12ClNO2S. The van der Waals surface area contributed by atoms with Crippen LogP contribution in [-0.4, -0.2) is 24.1 Å². The van der Waals surface area contributed by atoms with Gasteiger partial charge in [0.05, 0.1) is 12.1 Å². The van der Waals surface area contributed by atoms with Crippen LogP contribution >= 0.6 is 23.4 Å². The third kappa shape index (κ3) is 3.28. The van der Waals surface area contributed by atoms with Crippen molar-refractivity contribution in [3.8, 4) is 5.75 Å². The van der Waals surface area contributed by atoms with E-state index in [9.17, 15) is 4.79 Å². The van der Waals surface area contributed by atoms with Gasteiger partial charge in [0.2, 0.25) is 0 Å². The number of nitrogens with zero attached hydrogens (tertiary/aromatic N) is 1. The van der Waals surface area contributed by atoms with E-state index in [1.807, 2.05) is 6.26 Å². The number of rotatable bonds is 4. The average Bonchev–Trinajstić information content (AvgIpc) is 2.46. The average molecular weight is 294 g/mol. The van der Waals surface area contributed by atoms with Crippen molar-refractivity contribution in [2.24, 2.45) is 0 Å². The summed E-state index contributed by atoms with van der Waals surface area (Å²) in [4.78, 5) is 16.4. The van der Waals surface area contributed by atoms with Crippen molar-refractivity contribution in [1.82, 2.24) is 4.98 Å². The highest BCUT2D eigenvalue weighted by atomic mass is 35.5. The van der Waals surface area contributed by atoms with Crippen molar-refractivity contribution in [3.63, 3.8) is 0 Å². The molecule has 0 bridgehead atoms. The number of ether oxygens (including phenoxy) is 1. The molecule has 2 aromatic rings. The summed E-state index contributed by atoms with van der Waals surface area (Å²) in [5.41, 5.74) is 1.13. The number of ketones is 1. The van der Waals surface area contributed by atoms with E-state index in [0.717, 1.165) is 5.03 Å². The van der Waals surface area contributed by atoms with Gasteiger partial charge in [-0.05, 0) is 42.7 Å². The number of carbonyl (C=O) groups excluding carboxylic acids is 1. The maximum absolute atomic E-state index is 12.3. The van der Waals surface area contributed by atoms with Gasteiger partial charge >= 0.3 is 0 Å². The minimum absolute atomic E-state index is 0.0812. The van der Waals surface area contributed by atoms with E-state index in [4.69, 9.17) is 16.3 Å². The molecule has 0 aliphatic heterocycles. The molecule has 0 amide bonds. The molecule has 0 aliphatic carbocycles. The predicted molar refractivity (Wildman–Crippen MR) is 77.5 cm³/mol. The predicted octanol–water partition coefficient (Wildman–Crippen LogP) is 3.70. The van der Waals surface area contributed by atoms with Gasteiger partial charge in [-0.15, -0.1) is 11.8 Å². The Labute approximate surface area is 121 Å². The maximum Gasteiger partial charge on any atom is 0.193 e. The van der Waals surface area contributed by atoms with E-state index in [1.54, 1.807) is 43.5 Å². The van der Waals surface area contributed by atoms with Crippen molar-refractivity contribution in [1.29, 1.82) is 0 Å². The first-order chi connectivity index (χ1) is 9.13. The zero-order chi connectivity index (χ0) is 13.8. The van der Waals surface area contributed by atoms with E-state index < -0.39 is 0 Å². The van der Waals surface area contributed by atoms with Gasteiger partial charge in [-0.25, -0.2) is 4.98 Å². The lowest BCUT2D eigenvalue weighted by Crippen LogP contribution is -2.02. The zero-order valence-corrected chi connectivity index (χ0v) is 12.1. The number of halogens is 1. The lowest BCUT2D eigenvalue weighted by molar-refractivity contribution is 0.103. The summed E-state index contributed by atoms with van der Waals surface area (Å²) in [7, 11) is 1.59. The molecule has 0 spiro atoms. The Bertz CT molecular complexity index is 599. The van der Waals surface area contributed by atoms with Crippen molar-refractivity contribution >= 4 is 29.1 Å². The Balaban J connectivity index is 2.34. The summed E-state index contributed by atoms with van der Waals surface area (Å²) in [6.45, 7) is 0. The first kappa shape index (κ1) is 13.9. The number of carbonyl (C=O) groups is 1. The molecule has 1 heterocycles. The molecule has 98 valence electrons. The number of methoxy groups -OCH3 is 1. The molecule has 1 aromatic heterocycles. The van der Waals surface area contributed by atoms with Crippen LogP contribution in [0.2, 0.25) is 5.15 Å². The molecule has 0 N–H and O–H groups in total. The fraction of sp³-hybridized carbons (Fsp3) is 0.143. The van der Waals surface area contributed by atoms with Crippen molar-refractivity contribution in [3.05, 3.63) is 52.7 Å². The number of benzene rings is 1. The van der Waals surface area contributed by atoms with E-state index in [-0.39, 0.29) is 5.78 Å². The molecule has 0 aliphatic rings. The van der Waals surface area contributed by atoms with Crippen molar-refractivity contribution in [2.75, 3.05) is 13.4 Å². The summed E-state index contributed by atoms with van der Waals surface area (Å²) in [6, 6.07) is 10.3. The van der Waals surface area contributed by atoms with Crippen LogP contribution in [0, 0.1) is 0 Å². The molecule has 19 heavy (non-hydrogen) atoms. The van der Waals surface area contributed by atoms with E-state index in [1.165, 1.54) is 11.8 Å². The second-order valence-electron chi connectivity index (χ2n) is 3.78. The zero-order valence-electron chi connectivity index (χ0n) is 10.5. The lowest BCUT2D eigenvalue weighted by Gasteiger charge is -2.05. The Morgan fingerprint density at radius 2 is 1.89 bits per heavy atom. The SMILES string of the molecule is COc1ccc(C(=O)c2cc(Cl)nc(SC)c2)cc1. The lowest BCUT2D eigenvalue weighted by atomic mass is 10.0. The molecule has 0 saturated carbocycles. The summed E-state index contributed by atoms with van der Waals surface area (Å²) in [5, 5.41) is 1.05. The molecular weight excluding hydrogens is 282 g/mol. The fourth-order valence-electron chi connectivity index (χ4n) is 1.62.